The predicted molar refractivity (Wildman–Crippen MR) is 77.4 cm³/mol. The Hall–Kier alpha value is -0.120. The summed E-state index contributed by atoms with van der Waals surface area (Å²) in [6, 6.07) is 0.696. The van der Waals surface area contributed by atoms with E-state index in [-0.39, 0.29) is 0 Å². The Bertz CT molecular complexity index is 251. The SMILES string of the molecule is CN1CCN(NC2CCCCC2C(C)(C)C)CC1. The molecule has 1 aliphatic heterocycles. The molecule has 0 spiro atoms. The first-order chi connectivity index (χ1) is 8.47. The lowest BCUT2D eigenvalue weighted by Crippen LogP contribution is -2.57. The number of rotatable bonds is 2. The second-order valence-electron chi connectivity index (χ2n) is 7.28. The van der Waals surface area contributed by atoms with Crippen LogP contribution < -0.4 is 5.43 Å². The summed E-state index contributed by atoms with van der Waals surface area (Å²) >= 11 is 0. The van der Waals surface area contributed by atoms with E-state index >= 15 is 0 Å². The van der Waals surface area contributed by atoms with Crippen LogP contribution >= 0.6 is 0 Å². The van der Waals surface area contributed by atoms with Gasteiger partial charge in [-0.3, -0.25) is 5.43 Å². The molecule has 2 fully saturated rings. The molecule has 106 valence electrons. The number of piperazine rings is 1. The quantitative estimate of drug-likeness (QED) is 0.815. The molecule has 0 aromatic heterocycles. The van der Waals surface area contributed by atoms with Gasteiger partial charge in [0.25, 0.3) is 0 Å². The zero-order valence-corrected chi connectivity index (χ0v) is 12.7. The summed E-state index contributed by atoms with van der Waals surface area (Å²) in [5, 5.41) is 2.47. The third-order valence-corrected chi connectivity index (χ3v) is 4.73. The zero-order valence-electron chi connectivity index (χ0n) is 12.7. The molecule has 3 nitrogen and oxygen atoms in total. The topological polar surface area (TPSA) is 18.5 Å². The minimum Gasteiger partial charge on any atom is -0.304 e. The van der Waals surface area contributed by atoms with Gasteiger partial charge < -0.3 is 4.90 Å². The Kier molecular flexibility index (Phi) is 4.68. The molecule has 18 heavy (non-hydrogen) atoms. The van der Waals surface area contributed by atoms with Crippen LogP contribution in [0.5, 0.6) is 0 Å². The van der Waals surface area contributed by atoms with Crippen molar-refractivity contribution in [2.24, 2.45) is 11.3 Å². The van der Waals surface area contributed by atoms with Gasteiger partial charge in [-0.1, -0.05) is 33.6 Å². The van der Waals surface area contributed by atoms with Crippen LogP contribution in [0, 0.1) is 11.3 Å². The molecule has 0 bridgehead atoms. The smallest absolute Gasteiger partial charge is 0.0259 e. The van der Waals surface area contributed by atoms with E-state index in [1.54, 1.807) is 0 Å². The van der Waals surface area contributed by atoms with Gasteiger partial charge in [-0.2, -0.15) is 0 Å². The molecule has 2 atom stereocenters. The van der Waals surface area contributed by atoms with Crippen LogP contribution in [0.2, 0.25) is 0 Å². The molecule has 3 heteroatoms. The monoisotopic (exact) mass is 253 g/mol. The van der Waals surface area contributed by atoms with Crippen molar-refractivity contribution < 1.29 is 0 Å². The van der Waals surface area contributed by atoms with E-state index < -0.39 is 0 Å². The highest BCUT2D eigenvalue weighted by atomic mass is 15.5. The first kappa shape index (κ1) is 14.3. The molecular weight excluding hydrogens is 222 g/mol. The molecule has 1 saturated heterocycles. The largest absolute Gasteiger partial charge is 0.304 e. The zero-order chi connectivity index (χ0) is 13.2. The second-order valence-corrected chi connectivity index (χ2v) is 7.28. The van der Waals surface area contributed by atoms with Crippen molar-refractivity contribution in [2.45, 2.75) is 52.5 Å². The molecule has 1 saturated carbocycles. The number of hydrazine groups is 1. The number of nitrogens with one attached hydrogen (secondary N) is 1. The molecule has 0 amide bonds. The van der Waals surface area contributed by atoms with Crippen molar-refractivity contribution in [1.82, 2.24) is 15.3 Å². The molecule has 0 aromatic carbocycles. The summed E-state index contributed by atoms with van der Waals surface area (Å²) in [6.07, 6.45) is 5.57. The van der Waals surface area contributed by atoms with Crippen LogP contribution in [-0.2, 0) is 0 Å². The highest BCUT2D eigenvalue weighted by Crippen LogP contribution is 2.38. The fourth-order valence-electron chi connectivity index (χ4n) is 3.49. The average Bonchev–Trinajstić information content (AvgIpc) is 2.31. The average molecular weight is 253 g/mol. The van der Waals surface area contributed by atoms with E-state index in [1.165, 1.54) is 51.9 Å². The standard InChI is InChI=1S/C15H31N3/c1-15(2,3)13-7-5-6-8-14(13)16-18-11-9-17(4)10-12-18/h13-14,16H,5-12H2,1-4H3. The Morgan fingerprint density at radius 1 is 0.944 bits per heavy atom. The summed E-state index contributed by atoms with van der Waals surface area (Å²) in [5.74, 6) is 0.825. The molecule has 2 unspecified atom stereocenters. The van der Waals surface area contributed by atoms with Crippen LogP contribution in [0.25, 0.3) is 0 Å². The summed E-state index contributed by atoms with van der Waals surface area (Å²) in [6.45, 7) is 11.9. The van der Waals surface area contributed by atoms with Gasteiger partial charge in [0.15, 0.2) is 0 Å². The normalized spacial score (nSPS) is 32.7. The van der Waals surface area contributed by atoms with Crippen molar-refractivity contribution in [1.29, 1.82) is 0 Å². The van der Waals surface area contributed by atoms with Gasteiger partial charge >= 0.3 is 0 Å². The van der Waals surface area contributed by atoms with Crippen LogP contribution in [0.1, 0.15) is 46.5 Å². The molecule has 2 aliphatic rings. The van der Waals surface area contributed by atoms with Crippen molar-refractivity contribution in [3.05, 3.63) is 0 Å². The minimum absolute atomic E-state index is 0.435. The van der Waals surface area contributed by atoms with Gasteiger partial charge in [0.2, 0.25) is 0 Å². The maximum atomic E-state index is 3.84. The molecular formula is C15H31N3. The lowest BCUT2D eigenvalue weighted by atomic mass is 9.70. The molecule has 0 radical (unpaired) electrons. The van der Waals surface area contributed by atoms with E-state index in [1.807, 2.05) is 0 Å². The highest BCUT2D eigenvalue weighted by molar-refractivity contribution is 4.88. The van der Waals surface area contributed by atoms with Gasteiger partial charge in [0, 0.05) is 32.2 Å². The number of hydrogen-bond acceptors (Lipinski definition) is 3. The van der Waals surface area contributed by atoms with Crippen LogP contribution in [-0.4, -0.2) is 49.2 Å². The summed E-state index contributed by atoms with van der Waals surface area (Å²) in [4.78, 5) is 2.42. The fraction of sp³-hybridized carbons (Fsp3) is 1.00. The van der Waals surface area contributed by atoms with Crippen molar-refractivity contribution >= 4 is 0 Å². The van der Waals surface area contributed by atoms with Gasteiger partial charge in [0.1, 0.15) is 0 Å². The van der Waals surface area contributed by atoms with E-state index in [4.69, 9.17) is 0 Å². The predicted octanol–water partition coefficient (Wildman–Crippen LogP) is 2.34. The summed E-state index contributed by atoms with van der Waals surface area (Å²) in [7, 11) is 2.22. The molecule has 1 N–H and O–H groups in total. The van der Waals surface area contributed by atoms with E-state index in [0.29, 0.717) is 11.5 Å². The Morgan fingerprint density at radius 3 is 2.17 bits per heavy atom. The maximum Gasteiger partial charge on any atom is 0.0259 e. The number of hydrogen-bond donors (Lipinski definition) is 1. The first-order valence-electron chi connectivity index (χ1n) is 7.66. The number of nitrogens with zero attached hydrogens (tertiary/aromatic N) is 2. The van der Waals surface area contributed by atoms with Crippen LogP contribution in [0.3, 0.4) is 0 Å². The highest BCUT2D eigenvalue weighted by Gasteiger charge is 2.35. The molecule has 2 rings (SSSR count). The van der Waals surface area contributed by atoms with Gasteiger partial charge in [0.05, 0.1) is 0 Å². The van der Waals surface area contributed by atoms with Gasteiger partial charge in [-0.15, -0.1) is 0 Å². The van der Waals surface area contributed by atoms with Gasteiger partial charge in [-0.05, 0) is 31.2 Å². The fourth-order valence-corrected chi connectivity index (χ4v) is 3.49. The van der Waals surface area contributed by atoms with Crippen molar-refractivity contribution in [3.63, 3.8) is 0 Å². The Balaban J connectivity index is 1.89. The minimum atomic E-state index is 0.435. The van der Waals surface area contributed by atoms with Crippen LogP contribution in [0.15, 0.2) is 0 Å². The lowest BCUT2D eigenvalue weighted by molar-refractivity contribution is 0.0336. The maximum absolute atomic E-state index is 3.84. The van der Waals surface area contributed by atoms with E-state index in [9.17, 15) is 0 Å². The third kappa shape index (κ3) is 3.69. The molecule has 1 heterocycles. The summed E-state index contributed by atoms with van der Waals surface area (Å²) in [5.41, 5.74) is 4.28. The number of likely N-dealkylation sites (N-methyl/N-ethyl adjacent to an activating group) is 1. The van der Waals surface area contributed by atoms with E-state index in [2.05, 4.69) is 43.2 Å². The van der Waals surface area contributed by atoms with Crippen molar-refractivity contribution in [3.8, 4) is 0 Å². The molecule has 1 aliphatic carbocycles. The van der Waals surface area contributed by atoms with Crippen LogP contribution in [0.4, 0.5) is 0 Å². The Morgan fingerprint density at radius 2 is 1.56 bits per heavy atom. The second kappa shape index (κ2) is 5.89. The van der Waals surface area contributed by atoms with Gasteiger partial charge in [-0.25, -0.2) is 5.01 Å². The first-order valence-corrected chi connectivity index (χ1v) is 7.66. The molecule has 0 aromatic rings. The Labute approximate surface area is 113 Å². The lowest BCUT2D eigenvalue weighted by Gasteiger charge is -2.44. The van der Waals surface area contributed by atoms with Crippen molar-refractivity contribution in [2.75, 3.05) is 33.2 Å². The summed E-state index contributed by atoms with van der Waals surface area (Å²) < 4.78 is 0. The van der Waals surface area contributed by atoms with E-state index in [0.717, 1.165) is 5.92 Å². The third-order valence-electron chi connectivity index (χ3n) is 4.73.